The van der Waals surface area contributed by atoms with Gasteiger partial charge in [-0.1, -0.05) is 59.1 Å². The third-order valence-electron chi connectivity index (χ3n) is 3.76. The van der Waals surface area contributed by atoms with Gasteiger partial charge in [-0.15, -0.1) is 0 Å². The molecule has 4 nitrogen and oxygen atoms in total. The first-order valence-electron chi connectivity index (χ1n) is 7.80. The van der Waals surface area contributed by atoms with E-state index in [0.29, 0.717) is 10.6 Å². The molecule has 0 amide bonds. The smallest absolute Gasteiger partial charge is 0.324 e. The Balaban J connectivity index is 2.15. The van der Waals surface area contributed by atoms with Gasteiger partial charge in [0.15, 0.2) is 5.69 Å². The maximum atomic E-state index is 13.3. The molecule has 0 atom stereocenters. The molecule has 0 unspecified atom stereocenters. The third-order valence-corrected chi connectivity index (χ3v) is 4.68. The lowest BCUT2D eigenvalue weighted by molar-refractivity contribution is -0.141. The number of anilines is 2. The van der Waals surface area contributed by atoms with Crippen LogP contribution in [0.3, 0.4) is 0 Å². The lowest BCUT2D eigenvalue weighted by atomic mass is 10.2. The monoisotopic (exact) mass is 447 g/mol. The number of hydrogen-bond donors (Lipinski definition) is 1. The average Bonchev–Trinajstić information content (AvgIpc) is 2.63. The number of aromatic nitrogens is 2. The van der Waals surface area contributed by atoms with Crippen LogP contribution in [0.25, 0.3) is 0 Å². The zero-order valence-electron chi connectivity index (χ0n) is 13.9. The summed E-state index contributed by atoms with van der Waals surface area (Å²) in [5, 5.41) is 2.41. The maximum absolute atomic E-state index is 13.3. The van der Waals surface area contributed by atoms with Gasteiger partial charge in [0.05, 0.1) is 17.3 Å². The van der Waals surface area contributed by atoms with Crippen molar-refractivity contribution >= 4 is 46.4 Å². The number of para-hydroxylation sites is 1. The van der Waals surface area contributed by atoms with Crippen LogP contribution in [0.1, 0.15) is 11.3 Å². The summed E-state index contributed by atoms with van der Waals surface area (Å²) in [6.45, 7) is -0.0757. The van der Waals surface area contributed by atoms with Gasteiger partial charge in [-0.2, -0.15) is 13.2 Å². The summed E-state index contributed by atoms with van der Waals surface area (Å²) in [4.78, 5) is 16.2. The van der Waals surface area contributed by atoms with Crippen molar-refractivity contribution in [2.75, 3.05) is 5.32 Å². The molecule has 0 aliphatic carbocycles. The largest absolute Gasteiger partial charge is 0.435 e. The molecular weight excluding hydrogens is 438 g/mol. The number of benzene rings is 2. The molecule has 0 saturated heterocycles. The average molecular weight is 449 g/mol. The van der Waals surface area contributed by atoms with E-state index >= 15 is 0 Å². The molecule has 146 valence electrons. The normalized spacial score (nSPS) is 11.5. The van der Waals surface area contributed by atoms with Crippen LogP contribution in [0.15, 0.2) is 53.3 Å². The molecule has 0 aliphatic rings. The predicted octanol–water partition coefficient (Wildman–Crippen LogP) is 6.01. The number of alkyl halides is 3. The van der Waals surface area contributed by atoms with Crippen molar-refractivity contribution in [3.05, 3.63) is 85.2 Å². The van der Waals surface area contributed by atoms with Crippen LogP contribution in [0.5, 0.6) is 0 Å². The first-order chi connectivity index (χ1) is 13.2. The number of nitrogens with one attached hydrogen (secondary N) is 1. The Morgan fingerprint density at radius 1 is 1.00 bits per heavy atom. The lowest BCUT2D eigenvalue weighted by Crippen LogP contribution is -2.29. The Morgan fingerprint density at radius 2 is 1.64 bits per heavy atom. The minimum atomic E-state index is -4.90. The molecule has 3 aromatic rings. The second-order valence-corrected chi connectivity index (χ2v) is 6.94. The second-order valence-electron chi connectivity index (χ2n) is 5.72. The Kier molecular flexibility index (Phi) is 5.88. The maximum Gasteiger partial charge on any atom is 0.435 e. The highest BCUT2D eigenvalue weighted by molar-refractivity contribution is 6.33. The molecule has 10 heteroatoms. The van der Waals surface area contributed by atoms with Crippen molar-refractivity contribution in [1.82, 2.24) is 9.55 Å². The highest BCUT2D eigenvalue weighted by Gasteiger charge is 2.38. The zero-order chi connectivity index (χ0) is 20.5. The van der Waals surface area contributed by atoms with Crippen LogP contribution in [-0.4, -0.2) is 9.55 Å². The molecule has 0 aliphatic heterocycles. The van der Waals surface area contributed by atoms with Gasteiger partial charge >= 0.3 is 6.18 Å². The van der Waals surface area contributed by atoms with Crippen molar-refractivity contribution in [2.24, 2.45) is 0 Å². The molecule has 0 bridgehead atoms. The molecule has 3 rings (SSSR count). The van der Waals surface area contributed by atoms with Crippen molar-refractivity contribution in [3.8, 4) is 0 Å². The van der Waals surface area contributed by atoms with Gasteiger partial charge in [-0.05, 0) is 29.8 Å². The SMILES string of the molecule is O=c1c(Cl)c(C(F)(F)F)nc(Nc2ccccc2Cl)n1Cc1ccc(Cl)cc1. The Labute approximate surface area is 172 Å². The van der Waals surface area contributed by atoms with Crippen LogP contribution in [0.2, 0.25) is 15.1 Å². The molecular formula is C18H11Cl3F3N3O. The van der Waals surface area contributed by atoms with Gasteiger partial charge in [-0.3, -0.25) is 9.36 Å². The second kappa shape index (κ2) is 8.03. The van der Waals surface area contributed by atoms with Crippen LogP contribution in [0.4, 0.5) is 24.8 Å². The number of halogens is 6. The fraction of sp³-hybridized carbons (Fsp3) is 0.111. The van der Waals surface area contributed by atoms with Crippen LogP contribution in [-0.2, 0) is 12.7 Å². The molecule has 28 heavy (non-hydrogen) atoms. The van der Waals surface area contributed by atoms with E-state index in [1.165, 1.54) is 0 Å². The van der Waals surface area contributed by atoms with E-state index < -0.39 is 22.5 Å². The van der Waals surface area contributed by atoms with Crippen molar-refractivity contribution < 1.29 is 13.2 Å². The Hall–Kier alpha value is -2.22. The number of rotatable bonds is 4. The molecule has 2 aromatic carbocycles. The third kappa shape index (κ3) is 4.43. The van der Waals surface area contributed by atoms with E-state index in [0.717, 1.165) is 4.57 Å². The molecule has 1 N–H and O–H groups in total. The number of hydrogen-bond acceptors (Lipinski definition) is 3. The molecule has 0 radical (unpaired) electrons. The van der Waals surface area contributed by atoms with Crippen LogP contribution in [0, 0.1) is 0 Å². The fourth-order valence-corrected chi connectivity index (χ4v) is 2.98. The van der Waals surface area contributed by atoms with Crippen LogP contribution < -0.4 is 10.9 Å². The minimum absolute atomic E-state index is 0.0757. The molecule has 0 fully saturated rings. The topological polar surface area (TPSA) is 46.9 Å². The highest BCUT2D eigenvalue weighted by Crippen LogP contribution is 2.33. The van der Waals surface area contributed by atoms with Gasteiger partial charge in [-0.25, -0.2) is 4.98 Å². The van der Waals surface area contributed by atoms with Crippen molar-refractivity contribution in [3.63, 3.8) is 0 Å². The first kappa shape index (κ1) is 20.5. The van der Waals surface area contributed by atoms with E-state index in [9.17, 15) is 18.0 Å². The van der Waals surface area contributed by atoms with Crippen LogP contribution >= 0.6 is 34.8 Å². The summed E-state index contributed by atoms with van der Waals surface area (Å²) in [6, 6.07) is 12.9. The standard InChI is InChI=1S/C18H11Cl3F3N3O/c19-11-7-5-10(6-8-11)9-27-16(28)14(21)15(18(22,23)24)26-17(27)25-13-4-2-1-3-12(13)20/h1-8H,9H2,(H,25,26). The fourth-order valence-electron chi connectivity index (χ4n) is 2.42. The zero-order valence-corrected chi connectivity index (χ0v) is 16.2. The quantitative estimate of drug-likeness (QED) is 0.531. The predicted molar refractivity (Wildman–Crippen MR) is 104 cm³/mol. The van der Waals surface area contributed by atoms with E-state index in [1.807, 2.05) is 0 Å². The first-order valence-corrected chi connectivity index (χ1v) is 8.93. The summed E-state index contributed by atoms with van der Waals surface area (Å²) >= 11 is 17.6. The summed E-state index contributed by atoms with van der Waals surface area (Å²) in [5.74, 6) is -0.343. The summed E-state index contributed by atoms with van der Waals surface area (Å²) in [5.41, 5.74) is -1.60. The Bertz CT molecular complexity index is 1070. The summed E-state index contributed by atoms with van der Waals surface area (Å²) in [7, 11) is 0. The molecule has 0 spiro atoms. The molecule has 1 aromatic heterocycles. The van der Waals surface area contributed by atoms with Gasteiger partial charge in [0.2, 0.25) is 5.95 Å². The van der Waals surface area contributed by atoms with Gasteiger partial charge in [0, 0.05) is 5.02 Å². The van der Waals surface area contributed by atoms with Gasteiger partial charge in [0.25, 0.3) is 5.56 Å². The van der Waals surface area contributed by atoms with E-state index in [4.69, 9.17) is 34.8 Å². The lowest BCUT2D eigenvalue weighted by Gasteiger charge is -2.18. The van der Waals surface area contributed by atoms with Crippen molar-refractivity contribution in [2.45, 2.75) is 12.7 Å². The van der Waals surface area contributed by atoms with Gasteiger partial charge < -0.3 is 5.32 Å². The number of nitrogens with zero attached hydrogens (tertiary/aromatic N) is 2. The summed E-state index contributed by atoms with van der Waals surface area (Å²) < 4.78 is 40.8. The van der Waals surface area contributed by atoms with Gasteiger partial charge in [0.1, 0.15) is 5.02 Å². The Morgan fingerprint density at radius 3 is 2.25 bits per heavy atom. The molecule has 1 heterocycles. The summed E-state index contributed by atoms with van der Waals surface area (Å²) in [6.07, 6.45) is -4.90. The molecule has 0 saturated carbocycles. The van der Waals surface area contributed by atoms with E-state index in [2.05, 4.69) is 10.3 Å². The van der Waals surface area contributed by atoms with E-state index in [1.54, 1.807) is 48.5 Å². The minimum Gasteiger partial charge on any atom is -0.324 e. The highest BCUT2D eigenvalue weighted by atomic mass is 35.5. The van der Waals surface area contributed by atoms with Crippen molar-refractivity contribution in [1.29, 1.82) is 0 Å². The van der Waals surface area contributed by atoms with E-state index in [-0.39, 0.29) is 23.2 Å².